The standard InChI is InChI=1S/C20H23N3O5/c1-12(2)16(19(27)28-10-15(24)22(5)20(3,4)11-21)23-17(25)13-8-6-7-9-14(13)18(23)26/h6-9,12,16H,10H2,1-5H3/t16-/m0/s1. The molecule has 0 aliphatic carbocycles. The van der Waals surface area contributed by atoms with E-state index < -0.39 is 47.8 Å². The van der Waals surface area contributed by atoms with Crippen LogP contribution in [0.3, 0.4) is 0 Å². The molecule has 1 heterocycles. The van der Waals surface area contributed by atoms with Crippen LogP contribution in [0.1, 0.15) is 48.4 Å². The molecule has 0 aromatic heterocycles. The minimum atomic E-state index is -1.16. The molecule has 0 N–H and O–H groups in total. The normalized spacial score (nSPS) is 14.5. The summed E-state index contributed by atoms with van der Waals surface area (Å²) in [5.41, 5.74) is -0.598. The van der Waals surface area contributed by atoms with Crippen LogP contribution in [0.2, 0.25) is 0 Å². The summed E-state index contributed by atoms with van der Waals surface area (Å²) in [6, 6.07) is 7.16. The topological polar surface area (TPSA) is 108 Å². The van der Waals surface area contributed by atoms with Crippen molar-refractivity contribution in [1.29, 1.82) is 5.26 Å². The molecule has 0 unspecified atom stereocenters. The predicted molar refractivity (Wildman–Crippen MR) is 99.0 cm³/mol. The number of hydrogen-bond acceptors (Lipinski definition) is 6. The number of benzene rings is 1. The fourth-order valence-electron chi connectivity index (χ4n) is 2.84. The maximum absolute atomic E-state index is 12.7. The number of imide groups is 1. The Bertz CT molecular complexity index is 834. The van der Waals surface area contributed by atoms with Gasteiger partial charge >= 0.3 is 5.97 Å². The SMILES string of the molecule is CC(C)[C@@H](C(=O)OCC(=O)N(C)C(C)(C)C#N)N1C(=O)c2ccccc2C1=O. The number of ether oxygens (including phenoxy) is 1. The van der Waals surface area contributed by atoms with Crippen LogP contribution < -0.4 is 0 Å². The highest BCUT2D eigenvalue weighted by Crippen LogP contribution is 2.27. The Morgan fingerprint density at radius 1 is 1.18 bits per heavy atom. The number of hydrogen-bond donors (Lipinski definition) is 0. The molecule has 0 bridgehead atoms. The largest absolute Gasteiger partial charge is 0.454 e. The first-order valence-corrected chi connectivity index (χ1v) is 8.84. The summed E-state index contributed by atoms with van der Waals surface area (Å²) in [7, 11) is 1.43. The summed E-state index contributed by atoms with van der Waals surface area (Å²) in [6.07, 6.45) is 0. The minimum absolute atomic E-state index is 0.234. The number of likely N-dealkylation sites (N-methyl/N-ethyl adjacent to an activating group) is 1. The first kappa shape index (κ1) is 21.1. The van der Waals surface area contributed by atoms with Crippen molar-refractivity contribution in [1.82, 2.24) is 9.80 Å². The van der Waals surface area contributed by atoms with Gasteiger partial charge in [-0.05, 0) is 31.9 Å². The molecule has 0 saturated heterocycles. The fraction of sp³-hybridized carbons (Fsp3) is 0.450. The second-order valence-corrected chi connectivity index (χ2v) is 7.45. The Hall–Kier alpha value is -3.21. The molecule has 0 radical (unpaired) electrons. The zero-order valence-electron chi connectivity index (χ0n) is 16.6. The van der Waals surface area contributed by atoms with Gasteiger partial charge in [-0.1, -0.05) is 26.0 Å². The average Bonchev–Trinajstić information content (AvgIpc) is 2.91. The summed E-state index contributed by atoms with van der Waals surface area (Å²) >= 11 is 0. The van der Waals surface area contributed by atoms with Gasteiger partial charge in [-0.15, -0.1) is 0 Å². The second kappa shape index (κ2) is 7.80. The lowest BCUT2D eigenvalue weighted by Gasteiger charge is -2.30. The lowest BCUT2D eigenvalue weighted by molar-refractivity contribution is -0.157. The van der Waals surface area contributed by atoms with Gasteiger partial charge in [-0.2, -0.15) is 5.26 Å². The van der Waals surface area contributed by atoms with E-state index >= 15 is 0 Å². The number of amides is 3. The zero-order valence-corrected chi connectivity index (χ0v) is 16.6. The summed E-state index contributed by atoms with van der Waals surface area (Å²) in [5, 5.41) is 9.11. The molecule has 2 rings (SSSR count). The minimum Gasteiger partial charge on any atom is -0.454 e. The maximum Gasteiger partial charge on any atom is 0.330 e. The van der Waals surface area contributed by atoms with E-state index in [9.17, 15) is 19.2 Å². The van der Waals surface area contributed by atoms with Crippen LogP contribution in [0, 0.1) is 17.2 Å². The molecular formula is C20H23N3O5. The van der Waals surface area contributed by atoms with Gasteiger partial charge in [0.2, 0.25) is 0 Å². The third-order valence-corrected chi connectivity index (χ3v) is 4.80. The number of nitriles is 1. The Kier molecular flexibility index (Phi) is 5.88. The van der Waals surface area contributed by atoms with Crippen LogP contribution >= 0.6 is 0 Å². The van der Waals surface area contributed by atoms with Crippen LogP contribution in [0.25, 0.3) is 0 Å². The van der Waals surface area contributed by atoms with Crippen molar-refractivity contribution < 1.29 is 23.9 Å². The van der Waals surface area contributed by atoms with E-state index in [1.54, 1.807) is 39.8 Å². The van der Waals surface area contributed by atoms with Crippen LogP contribution in [-0.2, 0) is 14.3 Å². The fourth-order valence-corrected chi connectivity index (χ4v) is 2.84. The van der Waals surface area contributed by atoms with Gasteiger partial charge < -0.3 is 9.64 Å². The summed E-state index contributed by atoms with van der Waals surface area (Å²) in [5.74, 6) is -2.96. The Morgan fingerprint density at radius 2 is 1.68 bits per heavy atom. The quantitative estimate of drug-likeness (QED) is 0.544. The van der Waals surface area contributed by atoms with E-state index in [2.05, 4.69) is 0 Å². The van der Waals surface area contributed by atoms with Crippen LogP contribution in [0.4, 0.5) is 0 Å². The second-order valence-electron chi connectivity index (χ2n) is 7.45. The van der Waals surface area contributed by atoms with Crippen LogP contribution in [0.5, 0.6) is 0 Å². The molecule has 0 saturated carbocycles. The number of carbonyl (C=O) groups is 4. The molecule has 1 aromatic rings. The van der Waals surface area contributed by atoms with Gasteiger partial charge in [0.05, 0.1) is 17.2 Å². The van der Waals surface area contributed by atoms with E-state index in [1.165, 1.54) is 24.1 Å². The molecule has 0 fully saturated rings. The van der Waals surface area contributed by atoms with Crippen molar-refractivity contribution in [2.45, 2.75) is 39.3 Å². The molecule has 8 heteroatoms. The predicted octanol–water partition coefficient (Wildman–Crippen LogP) is 1.61. The van der Waals surface area contributed by atoms with Crippen molar-refractivity contribution in [3.05, 3.63) is 35.4 Å². The Labute approximate surface area is 163 Å². The lowest BCUT2D eigenvalue weighted by atomic mass is 10.0. The molecule has 148 valence electrons. The Balaban J connectivity index is 2.16. The number of nitrogens with zero attached hydrogens (tertiary/aromatic N) is 3. The molecule has 8 nitrogen and oxygen atoms in total. The number of esters is 1. The maximum atomic E-state index is 12.7. The molecule has 1 atom stereocenters. The average molecular weight is 385 g/mol. The van der Waals surface area contributed by atoms with Gasteiger partial charge in [-0.25, -0.2) is 4.79 Å². The number of carbonyl (C=O) groups excluding carboxylic acids is 4. The molecule has 28 heavy (non-hydrogen) atoms. The first-order valence-electron chi connectivity index (χ1n) is 8.84. The van der Waals surface area contributed by atoms with Crippen molar-refractivity contribution in [2.75, 3.05) is 13.7 Å². The first-order chi connectivity index (χ1) is 13.0. The van der Waals surface area contributed by atoms with E-state index in [0.717, 1.165) is 4.90 Å². The van der Waals surface area contributed by atoms with E-state index in [1.807, 2.05) is 6.07 Å². The Morgan fingerprint density at radius 3 is 2.11 bits per heavy atom. The molecule has 1 aliphatic rings. The third-order valence-electron chi connectivity index (χ3n) is 4.80. The smallest absolute Gasteiger partial charge is 0.330 e. The third kappa shape index (κ3) is 3.74. The van der Waals surface area contributed by atoms with Crippen molar-refractivity contribution in [3.8, 4) is 6.07 Å². The molecule has 1 aromatic carbocycles. The van der Waals surface area contributed by atoms with E-state index in [-0.39, 0.29) is 11.1 Å². The highest BCUT2D eigenvalue weighted by atomic mass is 16.5. The van der Waals surface area contributed by atoms with Gasteiger partial charge in [0.1, 0.15) is 11.6 Å². The molecule has 3 amide bonds. The highest BCUT2D eigenvalue weighted by molar-refractivity contribution is 6.22. The molecular weight excluding hydrogens is 362 g/mol. The van der Waals surface area contributed by atoms with Crippen molar-refractivity contribution in [2.24, 2.45) is 5.92 Å². The van der Waals surface area contributed by atoms with Gasteiger partial charge in [0.25, 0.3) is 17.7 Å². The van der Waals surface area contributed by atoms with Gasteiger partial charge in [0.15, 0.2) is 6.61 Å². The summed E-state index contributed by atoms with van der Waals surface area (Å²) < 4.78 is 5.11. The monoisotopic (exact) mass is 385 g/mol. The van der Waals surface area contributed by atoms with Crippen molar-refractivity contribution >= 4 is 23.7 Å². The van der Waals surface area contributed by atoms with E-state index in [0.29, 0.717) is 0 Å². The van der Waals surface area contributed by atoms with Gasteiger partial charge in [0, 0.05) is 7.05 Å². The molecule has 0 spiro atoms. The number of fused-ring (bicyclic) bond motifs is 1. The van der Waals surface area contributed by atoms with Crippen molar-refractivity contribution in [3.63, 3.8) is 0 Å². The molecule has 1 aliphatic heterocycles. The van der Waals surface area contributed by atoms with Crippen LogP contribution in [0.15, 0.2) is 24.3 Å². The van der Waals surface area contributed by atoms with Crippen LogP contribution in [-0.4, -0.2) is 58.7 Å². The summed E-state index contributed by atoms with van der Waals surface area (Å²) in [6.45, 7) is 5.89. The highest BCUT2D eigenvalue weighted by Gasteiger charge is 2.44. The van der Waals surface area contributed by atoms with Gasteiger partial charge in [-0.3, -0.25) is 19.3 Å². The lowest BCUT2D eigenvalue weighted by Crippen LogP contribution is -2.50. The number of rotatable bonds is 6. The zero-order chi connectivity index (χ0) is 21.2. The van der Waals surface area contributed by atoms with E-state index in [4.69, 9.17) is 10.00 Å². The summed E-state index contributed by atoms with van der Waals surface area (Å²) in [4.78, 5) is 52.3.